The van der Waals surface area contributed by atoms with Crippen LogP contribution in [0.15, 0.2) is 226 Å². The predicted octanol–water partition coefficient (Wildman–Crippen LogP) is 14.6. The van der Waals surface area contributed by atoms with Crippen molar-refractivity contribution in [1.29, 1.82) is 0 Å². The van der Waals surface area contributed by atoms with Crippen molar-refractivity contribution in [2.45, 2.75) is 19.6 Å². The molecule has 52 heavy (non-hydrogen) atoms. The van der Waals surface area contributed by atoms with Crippen molar-refractivity contribution in [3.05, 3.63) is 206 Å². The van der Waals surface area contributed by atoms with Crippen molar-refractivity contribution in [2.75, 3.05) is 9.80 Å². The van der Waals surface area contributed by atoms with Crippen molar-refractivity contribution in [3.8, 4) is 22.3 Å². The van der Waals surface area contributed by atoms with Crippen LogP contribution in [0.25, 0.3) is 22.3 Å². The first kappa shape index (κ1) is 32.0. The van der Waals surface area contributed by atoms with Crippen LogP contribution < -0.4 is 9.80 Å². The zero-order chi connectivity index (χ0) is 34.7. The number of hydrogen-bond acceptors (Lipinski definition) is 4. The molecular weight excluding hydrogens is 669 g/mol. The standard InChI is InChI=1S/C48H34N2S2/c1-4-13-38(14-5-1)49(39-15-6-2-7-16-39)41-29-23-35(24-30-41)36-25-31-42(32-26-36)50(40-17-8-3-9-18-40)43-33-27-37(28-34-43)44-19-12-22-47-48(44)52-46-21-11-10-20-45(46)51-47/h1-34H. The van der Waals surface area contributed by atoms with Gasteiger partial charge in [0.2, 0.25) is 0 Å². The number of fused-ring (bicyclic) bond motifs is 2. The van der Waals surface area contributed by atoms with E-state index in [1.807, 2.05) is 23.5 Å². The minimum atomic E-state index is 1.11. The summed E-state index contributed by atoms with van der Waals surface area (Å²) in [6.07, 6.45) is 0. The molecule has 1 heterocycles. The predicted molar refractivity (Wildman–Crippen MR) is 221 cm³/mol. The van der Waals surface area contributed by atoms with Gasteiger partial charge in [0.25, 0.3) is 0 Å². The molecule has 0 N–H and O–H groups in total. The van der Waals surface area contributed by atoms with E-state index in [-0.39, 0.29) is 0 Å². The monoisotopic (exact) mass is 702 g/mol. The second-order valence-corrected chi connectivity index (χ2v) is 14.7. The molecule has 8 aromatic rings. The third-order valence-electron chi connectivity index (χ3n) is 9.32. The maximum atomic E-state index is 2.33. The molecule has 0 fully saturated rings. The molecule has 4 heteroatoms. The van der Waals surface area contributed by atoms with Gasteiger partial charge in [-0.1, -0.05) is 139 Å². The molecule has 1 aliphatic rings. The molecule has 0 amide bonds. The molecule has 0 radical (unpaired) electrons. The quantitative estimate of drug-likeness (QED) is 0.155. The van der Waals surface area contributed by atoms with Crippen molar-refractivity contribution >= 4 is 57.6 Å². The largest absolute Gasteiger partial charge is 0.311 e. The van der Waals surface area contributed by atoms with Gasteiger partial charge >= 0.3 is 0 Å². The highest BCUT2D eigenvalue weighted by Crippen LogP contribution is 2.51. The van der Waals surface area contributed by atoms with Gasteiger partial charge in [-0.15, -0.1) is 0 Å². The van der Waals surface area contributed by atoms with Crippen molar-refractivity contribution in [3.63, 3.8) is 0 Å². The summed E-state index contributed by atoms with van der Waals surface area (Å²) in [7, 11) is 0. The molecule has 9 rings (SSSR count). The fraction of sp³-hybridized carbons (Fsp3) is 0. The lowest BCUT2D eigenvalue weighted by Crippen LogP contribution is -2.10. The molecule has 0 atom stereocenters. The van der Waals surface area contributed by atoms with Gasteiger partial charge in [0.15, 0.2) is 0 Å². The van der Waals surface area contributed by atoms with Gasteiger partial charge in [0.1, 0.15) is 0 Å². The average molecular weight is 703 g/mol. The van der Waals surface area contributed by atoms with Gasteiger partial charge in [-0.05, 0) is 113 Å². The van der Waals surface area contributed by atoms with E-state index in [0.29, 0.717) is 0 Å². The van der Waals surface area contributed by atoms with Crippen LogP contribution >= 0.6 is 23.5 Å². The lowest BCUT2D eigenvalue weighted by molar-refractivity contribution is 1.16. The Morgan fingerprint density at radius 1 is 0.250 bits per heavy atom. The fourth-order valence-corrected chi connectivity index (χ4v) is 9.20. The van der Waals surface area contributed by atoms with Crippen LogP contribution in [0, 0.1) is 0 Å². The van der Waals surface area contributed by atoms with Crippen molar-refractivity contribution in [1.82, 2.24) is 0 Å². The van der Waals surface area contributed by atoms with Crippen molar-refractivity contribution < 1.29 is 0 Å². The first-order chi connectivity index (χ1) is 25.8. The fourth-order valence-electron chi connectivity index (χ4n) is 6.80. The summed E-state index contributed by atoms with van der Waals surface area (Å²) < 4.78 is 0. The van der Waals surface area contributed by atoms with Crippen LogP contribution in [-0.4, -0.2) is 0 Å². The lowest BCUT2D eigenvalue weighted by Gasteiger charge is -2.26. The highest BCUT2D eigenvalue weighted by molar-refractivity contribution is 8.05. The summed E-state index contributed by atoms with van der Waals surface area (Å²) >= 11 is 3.74. The Hall–Kier alpha value is -5.94. The van der Waals surface area contributed by atoms with E-state index in [0.717, 1.165) is 34.1 Å². The second kappa shape index (κ2) is 14.4. The van der Waals surface area contributed by atoms with Gasteiger partial charge in [-0.25, -0.2) is 0 Å². The van der Waals surface area contributed by atoms with E-state index >= 15 is 0 Å². The first-order valence-corrected chi connectivity index (χ1v) is 19.1. The molecule has 0 spiro atoms. The summed E-state index contributed by atoms with van der Waals surface area (Å²) in [6.45, 7) is 0. The highest BCUT2D eigenvalue weighted by Gasteiger charge is 2.21. The summed E-state index contributed by atoms with van der Waals surface area (Å²) in [4.78, 5) is 9.91. The Morgan fingerprint density at radius 2 is 0.596 bits per heavy atom. The summed E-state index contributed by atoms with van der Waals surface area (Å²) in [5.41, 5.74) is 11.6. The topological polar surface area (TPSA) is 6.48 Å². The molecule has 0 aromatic heterocycles. The van der Waals surface area contributed by atoms with Crippen LogP contribution in [0.3, 0.4) is 0 Å². The molecular formula is C48H34N2S2. The van der Waals surface area contributed by atoms with E-state index in [1.165, 1.54) is 41.8 Å². The number of anilines is 6. The van der Waals surface area contributed by atoms with Crippen molar-refractivity contribution in [2.24, 2.45) is 0 Å². The second-order valence-electron chi connectivity index (χ2n) is 12.6. The van der Waals surface area contributed by atoms with Gasteiger partial charge < -0.3 is 9.80 Å². The molecule has 1 aliphatic heterocycles. The summed E-state index contributed by atoms with van der Waals surface area (Å²) in [5, 5.41) is 0. The maximum Gasteiger partial charge on any atom is 0.0462 e. The third kappa shape index (κ3) is 6.39. The van der Waals surface area contributed by atoms with E-state index in [9.17, 15) is 0 Å². The van der Waals surface area contributed by atoms with Crippen LogP contribution in [0.2, 0.25) is 0 Å². The van der Waals surface area contributed by atoms with Crippen LogP contribution in [0.1, 0.15) is 0 Å². The molecule has 0 unspecified atom stereocenters. The van der Waals surface area contributed by atoms with Gasteiger partial charge in [0, 0.05) is 53.7 Å². The van der Waals surface area contributed by atoms with Gasteiger partial charge in [-0.3, -0.25) is 0 Å². The number of rotatable bonds is 8. The first-order valence-electron chi connectivity index (χ1n) is 17.4. The Labute approximate surface area is 314 Å². The minimum absolute atomic E-state index is 1.11. The third-order valence-corrected chi connectivity index (χ3v) is 11.9. The SMILES string of the molecule is c1ccc(N(c2ccccc2)c2ccc(-c3ccc(N(c4ccccc4)c4ccc(-c5cccc6c5Sc5ccccc5S6)cc4)cc3)cc2)cc1. The van der Waals surface area contributed by atoms with E-state index in [2.05, 4.69) is 216 Å². The molecule has 2 nitrogen and oxygen atoms in total. The smallest absolute Gasteiger partial charge is 0.0462 e. The van der Waals surface area contributed by atoms with Gasteiger partial charge in [0.05, 0.1) is 0 Å². The number of para-hydroxylation sites is 3. The van der Waals surface area contributed by atoms with Gasteiger partial charge in [-0.2, -0.15) is 0 Å². The normalized spacial score (nSPS) is 11.7. The van der Waals surface area contributed by atoms with E-state index < -0.39 is 0 Å². The number of hydrogen-bond donors (Lipinski definition) is 0. The maximum absolute atomic E-state index is 2.33. The van der Waals surface area contributed by atoms with Crippen LogP contribution in [0.5, 0.6) is 0 Å². The van der Waals surface area contributed by atoms with Crippen LogP contribution in [-0.2, 0) is 0 Å². The molecule has 0 saturated carbocycles. The Kier molecular flexibility index (Phi) is 8.83. The lowest BCUT2D eigenvalue weighted by atomic mass is 10.0. The number of nitrogens with zero attached hydrogens (tertiary/aromatic N) is 2. The Balaban J connectivity index is 1.00. The average Bonchev–Trinajstić information content (AvgIpc) is 3.22. The Bertz CT molecular complexity index is 2390. The molecule has 0 saturated heterocycles. The minimum Gasteiger partial charge on any atom is -0.311 e. The summed E-state index contributed by atoms with van der Waals surface area (Å²) in [5.74, 6) is 0. The molecule has 0 bridgehead atoms. The molecule has 248 valence electrons. The summed E-state index contributed by atoms with van der Waals surface area (Å²) in [6, 6.07) is 73.8. The molecule has 0 aliphatic carbocycles. The zero-order valence-electron chi connectivity index (χ0n) is 28.3. The van der Waals surface area contributed by atoms with E-state index in [1.54, 1.807) is 0 Å². The zero-order valence-corrected chi connectivity index (χ0v) is 30.0. The van der Waals surface area contributed by atoms with Crippen LogP contribution in [0.4, 0.5) is 34.1 Å². The molecule has 8 aromatic carbocycles. The number of benzene rings is 8. The Morgan fingerprint density at radius 3 is 1.04 bits per heavy atom. The highest BCUT2D eigenvalue weighted by atomic mass is 32.2. The van der Waals surface area contributed by atoms with E-state index in [4.69, 9.17) is 0 Å².